The molecular weight excluding hydrogens is 380 g/mol. The van der Waals surface area contributed by atoms with Gasteiger partial charge in [0.05, 0.1) is 26.0 Å². The van der Waals surface area contributed by atoms with E-state index in [-0.39, 0.29) is 17.1 Å². The Morgan fingerprint density at radius 1 is 1.37 bits per heavy atom. The fraction of sp³-hybridized carbons (Fsp3) is 0.412. The van der Waals surface area contributed by atoms with Crippen LogP contribution in [-0.2, 0) is 11.3 Å². The lowest BCUT2D eigenvalue weighted by atomic mass is 10.2. The van der Waals surface area contributed by atoms with Gasteiger partial charge in [0.2, 0.25) is 0 Å². The van der Waals surface area contributed by atoms with Gasteiger partial charge in [-0.05, 0) is 18.2 Å². The van der Waals surface area contributed by atoms with Gasteiger partial charge in [0.15, 0.2) is 16.6 Å². The summed E-state index contributed by atoms with van der Waals surface area (Å²) in [6.45, 7) is 0.849. The standard InChI is InChI=1S/C17H19F2N3O4S/c1-24-14-8-11(2-3-13(14)26-16(18)19)15(23)21-17-20-12(10-27-17)9-22-4-6-25-7-5-22/h2-3,8,10,16H,4-7,9H2,1H3,(H,20,21,23). The number of carbonyl (C=O) groups excluding carboxylic acids is 1. The van der Waals surface area contributed by atoms with Gasteiger partial charge in [-0.2, -0.15) is 8.78 Å². The average Bonchev–Trinajstić information content (AvgIpc) is 3.09. The van der Waals surface area contributed by atoms with Gasteiger partial charge in [0.25, 0.3) is 5.91 Å². The molecule has 0 saturated carbocycles. The highest BCUT2D eigenvalue weighted by Crippen LogP contribution is 2.30. The number of nitrogens with one attached hydrogen (secondary N) is 1. The molecule has 10 heteroatoms. The van der Waals surface area contributed by atoms with Crippen LogP contribution in [0.4, 0.5) is 13.9 Å². The van der Waals surface area contributed by atoms with Crippen LogP contribution in [-0.4, -0.2) is 55.8 Å². The Kier molecular flexibility index (Phi) is 6.54. The number of anilines is 1. The normalized spacial score (nSPS) is 15.0. The number of carbonyl (C=O) groups is 1. The summed E-state index contributed by atoms with van der Waals surface area (Å²) in [5.74, 6) is -0.495. The third-order valence-corrected chi connectivity index (χ3v) is 4.71. The predicted octanol–water partition coefficient (Wildman–Crippen LogP) is 2.84. The Hall–Kier alpha value is -2.30. The fourth-order valence-electron chi connectivity index (χ4n) is 2.60. The first-order valence-electron chi connectivity index (χ1n) is 8.24. The molecule has 0 radical (unpaired) electrons. The maximum absolute atomic E-state index is 12.4. The molecule has 3 rings (SSSR count). The summed E-state index contributed by atoms with van der Waals surface area (Å²) in [7, 11) is 1.31. The molecule has 0 spiro atoms. The minimum absolute atomic E-state index is 0.0510. The number of nitrogens with zero attached hydrogens (tertiary/aromatic N) is 2. The number of rotatable bonds is 7. The van der Waals surface area contributed by atoms with Crippen LogP contribution in [0.1, 0.15) is 16.1 Å². The molecule has 146 valence electrons. The SMILES string of the molecule is COc1cc(C(=O)Nc2nc(CN3CCOCC3)cs2)ccc1OC(F)F. The molecular formula is C17H19F2N3O4S. The van der Waals surface area contributed by atoms with E-state index in [0.717, 1.165) is 18.8 Å². The molecule has 1 aliphatic heterocycles. The minimum atomic E-state index is -2.97. The average molecular weight is 399 g/mol. The van der Waals surface area contributed by atoms with Gasteiger partial charge in [-0.3, -0.25) is 15.0 Å². The first-order chi connectivity index (χ1) is 13.0. The molecule has 1 N–H and O–H groups in total. The van der Waals surface area contributed by atoms with Crippen molar-refractivity contribution in [1.29, 1.82) is 0 Å². The highest BCUT2D eigenvalue weighted by atomic mass is 32.1. The number of amides is 1. The molecule has 1 amide bonds. The van der Waals surface area contributed by atoms with Gasteiger partial charge in [-0.25, -0.2) is 4.98 Å². The van der Waals surface area contributed by atoms with Crippen molar-refractivity contribution in [3.63, 3.8) is 0 Å². The zero-order valence-electron chi connectivity index (χ0n) is 14.6. The highest BCUT2D eigenvalue weighted by molar-refractivity contribution is 7.13. The molecule has 0 unspecified atom stereocenters. The van der Waals surface area contributed by atoms with Gasteiger partial charge >= 0.3 is 6.61 Å². The smallest absolute Gasteiger partial charge is 0.387 e. The molecule has 0 aliphatic carbocycles. The Morgan fingerprint density at radius 3 is 2.85 bits per heavy atom. The molecule has 2 aromatic rings. The Balaban J connectivity index is 1.63. The lowest BCUT2D eigenvalue weighted by molar-refractivity contribution is -0.0512. The number of methoxy groups -OCH3 is 1. The molecule has 1 fully saturated rings. The van der Waals surface area contributed by atoms with Crippen LogP contribution in [0.3, 0.4) is 0 Å². The molecule has 1 saturated heterocycles. The largest absolute Gasteiger partial charge is 0.493 e. The van der Waals surface area contributed by atoms with Crippen molar-refractivity contribution in [2.45, 2.75) is 13.2 Å². The van der Waals surface area contributed by atoms with Crippen LogP contribution >= 0.6 is 11.3 Å². The van der Waals surface area contributed by atoms with E-state index in [4.69, 9.17) is 9.47 Å². The number of ether oxygens (including phenoxy) is 3. The summed E-state index contributed by atoms with van der Waals surface area (Å²) in [6.07, 6.45) is 0. The lowest BCUT2D eigenvalue weighted by Gasteiger charge is -2.25. The summed E-state index contributed by atoms with van der Waals surface area (Å²) < 4.78 is 39.4. The third-order valence-electron chi connectivity index (χ3n) is 3.90. The van der Waals surface area contributed by atoms with Crippen molar-refractivity contribution < 1.29 is 27.8 Å². The Labute approximate surface area is 158 Å². The molecule has 0 atom stereocenters. The van der Waals surface area contributed by atoms with Crippen LogP contribution in [0.2, 0.25) is 0 Å². The van der Waals surface area contributed by atoms with Gasteiger partial charge in [-0.15, -0.1) is 11.3 Å². The second-order valence-corrected chi connectivity index (χ2v) is 6.59. The van der Waals surface area contributed by atoms with Crippen LogP contribution < -0.4 is 14.8 Å². The fourth-order valence-corrected chi connectivity index (χ4v) is 3.29. The van der Waals surface area contributed by atoms with Crippen molar-refractivity contribution in [3.8, 4) is 11.5 Å². The number of morpholine rings is 1. The molecule has 0 bridgehead atoms. The summed E-state index contributed by atoms with van der Waals surface area (Å²) in [5.41, 5.74) is 1.12. The monoisotopic (exact) mass is 399 g/mol. The second kappa shape index (κ2) is 9.07. The summed E-state index contributed by atoms with van der Waals surface area (Å²) in [4.78, 5) is 19.1. The van der Waals surface area contributed by atoms with Gasteiger partial charge in [-0.1, -0.05) is 0 Å². The number of alkyl halides is 2. The Morgan fingerprint density at radius 2 is 2.15 bits per heavy atom. The summed E-state index contributed by atoms with van der Waals surface area (Å²) in [6, 6.07) is 4.00. The van der Waals surface area contributed by atoms with Gasteiger partial charge < -0.3 is 14.2 Å². The maximum atomic E-state index is 12.4. The van der Waals surface area contributed by atoms with E-state index < -0.39 is 12.5 Å². The summed E-state index contributed by atoms with van der Waals surface area (Å²) >= 11 is 1.33. The van der Waals surface area contributed by atoms with Crippen molar-refractivity contribution in [3.05, 3.63) is 34.8 Å². The van der Waals surface area contributed by atoms with Crippen molar-refractivity contribution in [2.24, 2.45) is 0 Å². The van der Waals surface area contributed by atoms with Crippen molar-refractivity contribution in [1.82, 2.24) is 9.88 Å². The third kappa shape index (κ3) is 5.34. The number of hydrogen-bond acceptors (Lipinski definition) is 7. The number of hydrogen-bond donors (Lipinski definition) is 1. The predicted molar refractivity (Wildman–Crippen MR) is 95.8 cm³/mol. The molecule has 7 nitrogen and oxygen atoms in total. The summed E-state index contributed by atoms with van der Waals surface area (Å²) in [5, 5.41) is 5.07. The lowest BCUT2D eigenvalue weighted by Crippen LogP contribution is -2.35. The number of aromatic nitrogens is 1. The van der Waals surface area contributed by atoms with E-state index in [1.54, 1.807) is 0 Å². The van der Waals surface area contributed by atoms with E-state index in [2.05, 4.69) is 19.9 Å². The number of benzene rings is 1. The van der Waals surface area contributed by atoms with E-state index in [1.807, 2.05) is 5.38 Å². The minimum Gasteiger partial charge on any atom is -0.493 e. The number of thiazole rings is 1. The first-order valence-corrected chi connectivity index (χ1v) is 9.12. The van der Waals surface area contributed by atoms with Crippen LogP contribution in [0.25, 0.3) is 0 Å². The van der Waals surface area contributed by atoms with E-state index in [0.29, 0.717) is 24.9 Å². The number of halogens is 2. The van der Waals surface area contributed by atoms with Crippen molar-refractivity contribution in [2.75, 3.05) is 38.7 Å². The first kappa shape index (κ1) is 19.5. The van der Waals surface area contributed by atoms with Crippen molar-refractivity contribution >= 4 is 22.4 Å². The van der Waals surface area contributed by atoms with Crippen LogP contribution in [0.5, 0.6) is 11.5 Å². The maximum Gasteiger partial charge on any atom is 0.387 e. The van der Waals surface area contributed by atoms with Gasteiger partial charge in [0.1, 0.15) is 0 Å². The van der Waals surface area contributed by atoms with E-state index >= 15 is 0 Å². The highest BCUT2D eigenvalue weighted by Gasteiger charge is 2.16. The molecule has 1 aromatic heterocycles. The Bertz CT molecular complexity index is 781. The molecule has 2 heterocycles. The zero-order chi connectivity index (χ0) is 19.2. The molecule has 27 heavy (non-hydrogen) atoms. The van der Waals surface area contributed by atoms with E-state index in [9.17, 15) is 13.6 Å². The quantitative estimate of drug-likeness (QED) is 0.772. The molecule has 1 aromatic carbocycles. The molecule has 1 aliphatic rings. The van der Waals surface area contributed by atoms with Gasteiger partial charge in [0, 0.05) is 30.6 Å². The van der Waals surface area contributed by atoms with E-state index in [1.165, 1.54) is 36.6 Å². The van der Waals surface area contributed by atoms with Crippen LogP contribution in [0, 0.1) is 0 Å². The zero-order valence-corrected chi connectivity index (χ0v) is 15.4. The second-order valence-electron chi connectivity index (χ2n) is 5.73. The van der Waals surface area contributed by atoms with Crippen LogP contribution in [0.15, 0.2) is 23.6 Å². The topological polar surface area (TPSA) is 72.9 Å².